The lowest BCUT2D eigenvalue weighted by atomic mass is 9.51. The number of benzene rings is 1. The van der Waals surface area contributed by atoms with Crippen LogP contribution in [0.3, 0.4) is 0 Å². The Balaban J connectivity index is 1.44. The van der Waals surface area contributed by atoms with Crippen molar-refractivity contribution >= 4 is 11.7 Å². The Morgan fingerprint density at radius 1 is 1.08 bits per heavy atom. The van der Waals surface area contributed by atoms with Gasteiger partial charge in [-0.15, -0.1) is 0 Å². The molecule has 1 aromatic carbocycles. The van der Waals surface area contributed by atoms with Crippen molar-refractivity contribution in [2.45, 2.75) is 57.0 Å². The maximum atomic E-state index is 12.9. The van der Waals surface area contributed by atoms with Gasteiger partial charge in [-0.25, -0.2) is 4.79 Å². The Hall–Kier alpha value is -1.91. The molecule has 0 aromatic heterocycles. The van der Waals surface area contributed by atoms with Gasteiger partial charge in [-0.05, 0) is 80.8 Å². The third-order valence-electron chi connectivity index (χ3n) is 7.95. The molecular weight excluding hydrogens is 330 g/mol. The summed E-state index contributed by atoms with van der Waals surface area (Å²) in [5.41, 5.74) is 0.149. The molecule has 5 heteroatoms. The summed E-state index contributed by atoms with van der Waals surface area (Å²) in [6.07, 6.45) is 9.79. The topological polar surface area (TPSA) is 69.4 Å². The smallest absolute Gasteiger partial charge is 0.338 e. The zero-order valence-corrected chi connectivity index (χ0v) is 14.9. The van der Waals surface area contributed by atoms with E-state index in [9.17, 15) is 14.9 Å². The molecule has 4 aliphatic carbocycles. The average molecular weight is 355 g/mol. The lowest BCUT2D eigenvalue weighted by Gasteiger charge is -2.58. The summed E-state index contributed by atoms with van der Waals surface area (Å²) in [6.45, 7) is 0. The zero-order chi connectivity index (χ0) is 17.9. The van der Waals surface area contributed by atoms with Gasteiger partial charge in [-0.2, -0.15) is 0 Å². The highest BCUT2D eigenvalue weighted by Gasteiger charge is 2.62. The molecule has 6 atom stereocenters. The molecule has 0 spiro atoms. The highest BCUT2D eigenvalue weighted by Crippen LogP contribution is 2.64. The second-order valence-electron chi connectivity index (χ2n) is 8.91. The average Bonchev–Trinajstić information content (AvgIpc) is 3.10. The van der Waals surface area contributed by atoms with Gasteiger partial charge in [-0.3, -0.25) is 10.1 Å². The number of hydrogen-bond acceptors (Lipinski definition) is 4. The first-order chi connectivity index (χ1) is 12.6. The Kier molecular flexibility index (Phi) is 3.63. The SMILES string of the molecule is O=C(O[C@@]12CC[C@H]3CC[C@@H]([C@H]4CC[C@H]1C4)[C@H]2C3)c1ccc([N+](=O)[O-])cc1. The number of carbonyl (C=O) groups excluding carboxylic acids is 1. The van der Waals surface area contributed by atoms with Crippen LogP contribution >= 0.6 is 0 Å². The van der Waals surface area contributed by atoms with Gasteiger partial charge in [0.25, 0.3) is 5.69 Å². The van der Waals surface area contributed by atoms with Crippen LogP contribution in [0.25, 0.3) is 0 Å². The lowest BCUT2D eigenvalue weighted by molar-refractivity contribution is -0.384. The van der Waals surface area contributed by atoms with E-state index in [1.54, 1.807) is 0 Å². The highest BCUT2D eigenvalue weighted by molar-refractivity contribution is 5.90. The van der Waals surface area contributed by atoms with Gasteiger partial charge in [-0.1, -0.05) is 6.42 Å². The molecule has 0 unspecified atom stereocenters. The molecule has 1 aromatic rings. The summed E-state index contributed by atoms with van der Waals surface area (Å²) in [6, 6.07) is 5.84. The number of nitrogens with zero attached hydrogens (tertiary/aromatic N) is 1. The predicted molar refractivity (Wildman–Crippen MR) is 95.6 cm³/mol. The minimum absolute atomic E-state index is 0.00358. The second kappa shape index (κ2) is 5.80. The summed E-state index contributed by atoms with van der Waals surface area (Å²) >= 11 is 0. The standard InChI is InChI=1S/C21H25NO4/c23-20(14-3-6-17(7-4-14)22(24)25)26-21-10-9-13-1-8-18(19(21)11-13)15-2-5-16(21)12-15/h3-4,6-7,13,15-16,18-19H,1-2,5,8-12H2/t13-,15+,16+,18+,19-,21+/m1/s1. The van der Waals surface area contributed by atoms with Crippen molar-refractivity contribution in [1.82, 2.24) is 0 Å². The van der Waals surface area contributed by atoms with E-state index in [2.05, 4.69) is 0 Å². The largest absolute Gasteiger partial charge is 0.455 e. The fourth-order valence-electron chi connectivity index (χ4n) is 6.80. The number of ether oxygens (including phenoxy) is 1. The fourth-order valence-corrected chi connectivity index (χ4v) is 6.80. The summed E-state index contributed by atoms with van der Waals surface area (Å²) < 4.78 is 6.34. The Morgan fingerprint density at radius 3 is 2.65 bits per heavy atom. The number of hydrogen-bond donors (Lipinski definition) is 0. The van der Waals surface area contributed by atoms with E-state index >= 15 is 0 Å². The van der Waals surface area contributed by atoms with Crippen molar-refractivity contribution in [2.75, 3.05) is 0 Å². The van der Waals surface area contributed by atoms with Crippen molar-refractivity contribution < 1.29 is 14.5 Å². The van der Waals surface area contributed by atoms with Gasteiger partial charge in [0.05, 0.1) is 10.5 Å². The van der Waals surface area contributed by atoms with Crippen LogP contribution in [0.15, 0.2) is 24.3 Å². The molecule has 5 nitrogen and oxygen atoms in total. The second-order valence-corrected chi connectivity index (χ2v) is 8.91. The van der Waals surface area contributed by atoms with Gasteiger partial charge in [0.15, 0.2) is 0 Å². The quantitative estimate of drug-likeness (QED) is 0.446. The number of nitro groups is 1. The maximum absolute atomic E-state index is 12.9. The van der Waals surface area contributed by atoms with Crippen LogP contribution in [0.4, 0.5) is 5.69 Å². The van der Waals surface area contributed by atoms with Crippen molar-refractivity contribution in [3.63, 3.8) is 0 Å². The van der Waals surface area contributed by atoms with Crippen LogP contribution in [0.2, 0.25) is 0 Å². The van der Waals surface area contributed by atoms with E-state index < -0.39 is 4.92 Å². The fraction of sp³-hybridized carbons (Fsp3) is 0.667. The monoisotopic (exact) mass is 355 g/mol. The molecule has 0 aliphatic heterocycles. The van der Waals surface area contributed by atoms with E-state index in [0.29, 0.717) is 17.4 Å². The molecule has 4 fully saturated rings. The molecule has 4 bridgehead atoms. The Morgan fingerprint density at radius 2 is 1.88 bits per heavy atom. The molecule has 4 aliphatic rings. The molecule has 26 heavy (non-hydrogen) atoms. The van der Waals surface area contributed by atoms with E-state index in [4.69, 9.17) is 4.74 Å². The molecule has 0 heterocycles. The molecular formula is C21H25NO4. The van der Waals surface area contributed by atoms with Crippen molar-refractivity contribution in [2.24, 2.45) is 29.6 Å². The first-order valence-electron chi connectivity index (χ1n) is 10.0. The van der Waals surface area contributed by atoms with Crippen molar-refractivity contribution in [1.29, 1.82) is 0 Å². The van der Waals surface area contributed by atoms with Gasteiger partial charge in [0.1, 0.15) is 5.60 Å². The number of nitro benzene ring substituents is 1. The van der Waals surface area contributed by atoms with Crippen LogP contribution in [0.1, 0.15) is 61.7 Å². The highest BCUT2D eigenvalue weighted by atomic mass is 16.6. The molecule has 5 rings (SSSR count). The third-order valence-corrected chi connectivity index (χ3v) is 7.95. The minimum Gasteiger partial charge on any atom is -0.455 e. The van der Waals surface area contributed by atoms with Crippen LogP contribution in [0.5, 0.6) is 0 Å². The number of esters is 1. The normalized spacial score (nSPS) is 40.1. The molecule has 4 saturated carbocycles. The maximum Gasteiger partial charge on any atom is 0.338 e. The van der Waals surface area contributed by atoms with Crippen LogP contribution in [0, 0.1) is 39.7 Å². The van der Waals surface area contributed by atoms with Gasteiger partial charge in [0, 0.05) is 18.1 Å². The summed E-state index contributed by atoms with van der Waals surface area (Å²) in [5, 5.41) is 10.8. The molecule has 0 N–H and O–H groups in total. The molecule has 0 saturated heterocycles. The summed E-state index contributed by atoms with van der Waals surface area (Å²) in [5.74, 6) is 3.14. The summed E-state index contributed by atoms with van der Waals surface area (Å²) in [4.78, 5) is 23.3. The lowest BCUT2D eigenvalue weighted by Crippen LogP contribution is -2.58. The van der Waals surface area contributed by atoms with Crippen LogP contribution in [-0.2, 0) is 4.74 Å². The number of non-ortho nitro benzene ring substituents is 1. The van der Waals surface area contributed by atoms with Crippen LogP contribution < -0.4 is 0 Å². The third kappa shape index (κ3) is 2.32. The predicted octanol–water partition coefficient (Wildman–Crippen LogP) is 4.75. The Labute approximate surface area is 153 Å². The molecule has 0 radical (unpaired) electrons. The first-order valence-corrected chi connectivity index (χ1v) is 10.0. The van der Waals surface area contributed by atoms with Gasteiger partial charge in [0.2, 0.25) is 0 Å². The van der Waals surface area contributed by atoms with E-state index in [-0.39, 0.29) is 17.3 Å². The first kappa shape index (κ1) is 16.3. The van der Waals surface area contributed by atoms with E-state index in [1.165, 1.54) is 69.2 Å². The number of fused-ring (bicyclic) bond motifs is 5. The van der Waals surface area contributed by atoms with E-state index in [0.717, 1.165) is 24.2 Å². The van der Waals surface area contributed by atoms with Gasteiger partial charge < -0.3 is 4.74 Å². The minimum atomic E-state index is -0.443. The molecule has 0 amide bonds. The van der Waals surface area contributed by atoms with E-state index in [1.807, 2.05) is 0 Å². The van der Waals surface area contributed by atoms with Crippen molar-refractivity contribution in [3.8, 4) is 0 Å². The van der Waals surface area contributed by atoms with Crippen molar-refractivity contribution in [3.05, 3.63) is 39.9 Å². The Bertz CT molecular complexity index is 745. The van der Waals surface area contributed by atoms with Crippen LogP contribution in [-0.4, -0.2) is 16.5 Å². The zero-order valence-electron chi connectivity index (χ0n) is 14.9. The number of carbonyl (C=O) groups is 1. The summed E-state index contributed by atoms with van der Waals surface area (Å²) in [7, 11) is 0. The van der Waals surface area contributed by atoms with Gasteiger partial charge >= 0.3 is 5.97 Å². The number of rotatable bonds is 3. The molecule has 138 valence electrons.